The summed E-state index contributed by atoms with van der Waals surface area (Å²) < 4.78 is 10.5. The average Bonchev–Trinajstić information content (AvgIpc) is 3.27. The standard InChI is InChI=1S/C20H23N3O5/c1-2-27-16-9-7-14(8-10-16)18(24)21-22-19(25)15-5-3-11-23(13-15)20(26)17-6-4-12-28-17/h4,6-10,12,15H,2-3,5,11,13H2,1H3,(H,21,24)(H,22,25). The molecule has 1 aromatic heterocycles. The highest BCUT2D eigenvalue weighted by Gasteiger charge is 2.30. The molecule has 1 unspecified atom stereocenters. The third-order valence-corrected chi connectivity index (χ3v) is 4.54. The number of hydrogen-bond acceptors (Lipinski definition) is 5. The van der Waals surface area contributed by atoms with Gasteiger partial charge in [0.25, 0.3) is 11.8 Å². The van der Waals surface area contributed by atoms with Crippen molar-refractivity contribution in [1.29, 1.82) is 0 Å². The summed E-state index contributed by atoms with van der Waals surface area (Å²) in [5.41, 5.74) is 5.28. The molecule has 1 aliphatic heterocycles. The number of hydrazine groups is 1. The molecule has 28 heavy (non-hydrogen) atoms. The highest BCUT2D eigenvalue weighted by Crippen LogP contribution is 2.19. The van der Waals surface area contributed by atoms with E-state index in [2.05, 4.69) is 10.9 Å². The molecular weight excluding hydrogens is 362 g/mol. The van der Waals surface area contributed by atoms with Crippen LogP contribution >= 0.6 is 0 Å². The lowest BCUT2D eigenvalue weighted by molar-refractivity contribution is -0.127. The van der Waals surface area contributed by atoms with Crippen molar-refractivity contribution in [3.05, 3.63) is 54.0 Å². The molecule has 1 saturated heterocycles. The normalized spacial score (nSPS) is 16.3. The van der Waals surface area contributed by atoms with Gasteiger partial charge in [-0.25, -0.2) is 0 Å². The number of ether oxygens (including phenoxy) is 1. The quantitative estimate of drug-likeness (QED) is 0.767. The number of carbonyl (C=O) groups excluding carboxylic acids is 3. The summed E-state index contributed by atoms with van der Waals surface area (Å²) >= 11 is 0. The summed E-state index contributed by atoms with van der Waals surface area (Å²) in [6.07, 6.45) is 2.79. The molecule has 148 valence electrons. The lowest BCUT2D eigenvalue weighted by atomic mass is 9.97. The van der Waals surface area contributed by atoms with Gasteiger partial charge in [-0.2, -0.15) is 0 Å². The van der Waals surface area contributed by atoms with Crippen LogP contribution in [0.1, 0.15) is 40.7 Å². The van der Waals surface area contributed by atoms with Crippen LogP contribution in [0.15, 0.2) is 47.1 Å². The first-order valence-electron chi connectivity index (χ1n) is 9.24. The Balaban J connectivity index is 1.51. The predicted octanol–water partition coefficient (Wildman–Crippen LogP) is 1.99. The second-order valence-corrected chi connectivity index (χ2v) is 6.47. The lowest BCUT2D eigenvalue weighted by Gasteiger charge is -2.31. The SMILES string of the molecule is CCOc1ccc(C(=O)NNC(=O)C2CCCN(C(=O)c3ccco3)C2)cc1. The summed E-state index contributed by atoms with van der Waals surface area (Å²) in [5, 5.41) is 0. The third kappa shape index (κ3) is 4.70. The van der Waals surface area contributed by atoms with Gasteiger partial charge in [0.1, 0.15) is 5.75 Å². The highest BCUT2D eigenvalue weighted by molar-refractivity contribution is 5.96. The van der Waals surface area contributed by atoms with Crippen LogP contribution in [0.2, 0.25) is 0 Å². The third-order valence-electron chi connectivity index (χ3n) is 4.54. The molecule has 8 heteroatoms. The van der Waals surface area contributed by atoms with Crippen LogP contribution < -0.4 is 15.6 Å². The number of furan rings is 1. The summed E-state index contributed by atoms with van der Waals surface area (Å²) in [7, 11) is 0. The Bertz CT molecular complexity index is 817. The van der Waals surface area contributed by atoms with Crippen LogP contribution in [0, 0.1) is 5.92 Å². The van der Waals surface area contributed by atoms with Gasteiger partial charge in [-0.3, -0.25) is 25.2 Å². The molecule has 3 amide bonds. The van der Waals surface area contributed by atoms with Crippen molar-refractivity contribution < 1.29 is 23.5 Å². The van der Waals surface area contributed by atoms with Crippen molar-refractivity contribution >= 4 is 17.7 Å². The minimum absolute atomic E-state index is 0.235. The second-order valence-electron chi connectivity index (χ2n) is 6.47. The van der Waals surface area contributed by atoms with E-state index >= 15 is 0 Å². The summed E-state index contributed by atoms with van der Waals surface area (Å²) in [5.74, 6) is -0.447. The smallest absolute Gasteiger partial charge is 0.289 e. The largest absolute Gasteiger partial charge is 0.494 e. The fourth-order valence-electron chi connectivity index (χ4n) is 3.09. The molecule has 1 aliphatic rings. The molecule has 1 fully saturated rings. The minimum atomic E-state index is -0.421. The van der Waals surface area contributed by atoms with E-state index in [4.69, 9.17) is 9.15 Å². The first-order valence-corrected chi connectivity index (χ1v) is 9.24. The summed E-state index contributed by atoms with van der Waals surface area (Å²) in [6.45, 7) is 3.28. The zero-order chi connectivity index (χ0) is 19.9. The molecule has 2 aromatic rings. The number of nitrogens with one attached hydrogen (secondary N) is 2. The molecular formula is C20H23N3O5. The Morgan fingerprint density at radius 3 is 2.64 bits per heavy atom. The summed E-state index contributed by atoms with van der Waals surface area (Å²) in [6, 6.07) is 9.88. The van der Waals surface area contributed by atoms with Crippen LogP contribution in [0.3, 0.4) is 0 Å². The van der Waals surface area contributed by atoms with Gasteiger partial charge in [-0.05, 0) is 56.2 Å². The molecule has 2 N–H and O–H groups in total. The molecule has 0 bridgehead atoms. The van der Waals surface area contributed by atoms with E-state index in [9.17, 15) is 14.4 Å². The Morgan fingerprint density at radius 2 is 1.96 bits per heavy atom. The van der Waals surface area contributed by atoms with Crippen molar-refractivity contribution in [3.63, 3.8) is 0 Å². The Kier molecular flexibility index (Phi) is 6.31. The van der Waals surface area contributed by atoms with Gasteiger partial charge in [0.15, 0.2) is 5.76 Å². The molecule has 8 nitrogen and oxygen atoms in total. The van der Waals surface area contributed by atoms with Crippen LogP contribution in [0.4, 0.5) is 0 Å². The molecule has 0 aliphatic carbocycles. The Hall–Kier alpha value is -3.29. The second kappa shape index (κ2) is 9.07. The topological polar surface area (TPSA) is 101 Å². The molecule has 0 radical (unpaired) electrons. The predicted molar refractivity (Wildman–Crippen MR) is 101 cm³/mol. The number of piperidine rings is 1. The van der Waals surface area contributed by atoms with Gasteiger partial charge < -0.3 is 14.1 Å². The van der Waals surface area contributed by atoms with E-state index in [0.717, 1.165) is 0 Å². The van der Waals surface area contributed by atoms with Gasteiger partial charge in [0, 0.05) is 18.7 Å². The van der Waals surface area contributed by atoms with E-state index in [0.29, 0.717) is 37.3 Å². The Morgan fingerprint density at radius 1 is 1.18 bits per heavy atom. The lowest BCUT2D eigenvalue weighted by Crippen LogP contribution is -2.50. The van der Waals surface area contributed by atoms with E-state index in [1.54, 1.807) is 41.3 Å². The van der Waals surface area contributed by atoms with Gasteiger partial charge in [0.05, 0.1) is 18.8 Å². The Labute approximate surface area is 162 Å². The van der Waals surface area contributed by atoms with E-state index < -0.39 is 11.8 Å². The maximum absolute atomic E-state index is 12.4. The van der Waals surface area contributed by atoms with Crippen LogP contribution in [-0.4, -0.2) is 42.3 Å². The molecule has 3 rings (SSSR count). The molecule has 2 heterocycles. The zero-order valence-electron chi connectivity index (χ0n) is 15.6. The van der Waals surface area contributed by atoms with E-state index in [1.807, 2.05) is 6.92 Å². The van der Waals surface area contributed by atoms with Crippen molar-refractivity contribution in [3.8, 4) is 5.75 Å². The first-order chi connectivity index (χ1) is 13.6. The van der Waals surface area contributed by atoms with Gasteiger partial charge >= 0.3 is 0 Å². The van der Waals surface area contributed by atoms with Gasteiger partial charge in [-0.15, -0.1) is 0 Å². The van der Waals surface area contributed by atoms with Gasteiger partial charge in [0.2, 0.25) is 5.91 Å². The maximum Gasteiger partial charge on any atom is 0.289 e. The molecule has 0 spiro atoms. The average molecular weight is 385 g/mol. The summed E-state index contributed by atoms with van der Waals surface area (Å²) in [4.78, 5) is 38.6. The fraction of sp³-hybridized carbons (Fsp3) is 0.350. The number of nitrogens with zero attached hydrogens (tertiary/aromatic N) is 1. The van der Waals surface area contributed by atoms with Crippen LogP contribution in [0.5, 0.6) is 5.75 Å². The maximum atomic E-state index is 12.4. The first kappa shape index (κ1) is 19.5. The van der Waals surface area contributed by atoms with Crippen molar-refractivity contribution in [2.75, 3.05) is 19.7 Å². The van der Waals surface area contributed by atoms with Crippen molar-refractivity contribution in [1.82, 2.24) is 15.8 Å². The van der Waals surface area contributed by atoms with Gasteiger partial charge in [-0.1, -0.05) is 0 Å². The fourth-order valence-corrected chi connectivity index (χ4v) is 3.09. The number of rotatable bonds is 5. The van der Waals surface area contributed by atoms with Crippen LogP contribution in [-0.2, 0) is 4.79 Å². The van der Waals surface area contributed by atoms with E-state index in [1.165, 1.54) is 6.26 Å². The highest BCUT2D eigenvalue weighted by atomic mass is 16.5. The number of hydrogen-bond donors (Lipinski definition) is 2. The monoisotopic (exact) mass is 385 g/mol. The zero-order valence-corrected chi connectivity index (χ0v) is 15.6. The van der Waals surface area contributed by atoms with Crippen molar-refractivity contribution in [2.24, 2.45) is 5.92 Å². The molecule has 0 saturated carbocycles. The van der Waals surface area contributed by atoms with E-state index in [-0.39, 0.29) is 24.1 Å². The molecule has 1 atom stereocenters. The van der Waals surface area contributed by atoms with Crippen LogP contribution in [0.25, 0.3) is 0 Å². The molecule has 1 aromatic carbocycles. The number of benzene rings is 1. The number of likely N-dealkylation sites (tertiary alicyclic amines) is 1. The minimum Gasteiger partial charge on any atom is -0.494 e. The van der Waals surface area contributed by atoms with Crippen molar-refractivity contribution in [2.45, 2.75) is 19.8 Å². The number of amides is 3. The number of carbonyl (C=O) groups is 3.